The lowest BCUT2D eigenvalue weighted by Gasteiger charge is -2.08. The molecule has 2 rings (SSSR count). The summed E-state index contributed by atoms with van der Waals surface area (Å²) in [4.78, 5) is 13.8. The number of benzene rings is 2. The molecule has 0 aliphatic carbocycles. The van der Waals surface area contributed by atoms with E-state index >= 15 is 0 Å². The molecule has 0 saturated carbocycles. The predicted octanol–water partition coefficient (Wildman–Crippen LogP) is 4.74. The summed E-state index contributed by atoms with van der Waals surface area (Å²) in [5.41, 5.74) is 0.693. The molecule has 0 saturated heterocycles. The summed E-state index contributed by atoms with van der Waals surface area (Å²) >= 11 is 3.22. The lowest BCUT2D eigenvalue weighted by Crippen LogP contribution is -1.89. The molecule has 0 unspecified atom stereocenters. The number of hydrogen-bond donors (Lipinski definition) is 0. The zero-order valence-corrected chi connectivity index (χ0v) is 11.1. The lowest BCUT2D eigenvalue weighted by molar-refractivity contribution is 0.112. The molecule has 0 spiro atoms. The second-order valence-corrected chi connectivity index (χ2v) is 4.48. The highest BCUT2D eigenvalue weighted by Crippen LogP contribution is 2.30. The van der Waals surface area contributed by atoms with Gasteiger partial charge in [-0.1, -0.05) is 6.07 Å². The molecule has 19 heavy (non-hydrogen) atoms. The van der Waals surface area contributed by atoms with E-state index in [1.54, 1.807) is 18.2 Å². The third-order valence-corrected chi connectivity index (χ3v) is 3.06. The molecule has 0 bridgehead atoms. The molecule has 3 nitrogen and oxygen atoms in total. The first-order chi connectivity index (χ1) is 9.13. The monoisotopic (exact) mass is 319 g/mol. The van der Waals surface area contributed by atoms with E-state index in [4.69, 9.17) is 11.3 Å². The van der Waals surface area contributed by atoms with Crippen molar-refractivity contribution in [1.82, 2.24) is 0 Å². The fourth-order valence-electron chi connectivity index (χ4n) is 1.44. The van der Waals surface area contributed by atoms with Crippen molar-refractivity contribution in [2.24, 2.45) is 0 Å². The minimum absolute atomic E-state index is 0.0261. The molecule has 0 aromatic heterocycles. The molecule has 0 aliphatic rings. The average molecular weight is 320 g/mol. The zero-order chi connectivity index (χ0) is 13.8. The molecular weight excluding hydrogens is 313 g/mol. The van der Waals surface area contributed by atoms with Gasteiger partial charge >= 0.3 is 0 Å². The third kappa shape index (κ3) is 2.98. The number of nitrogens with zero attached hydrogens (tertiary/aromatic N) is 1. The van der Waals surface area contributed by atoms with Crippen LogP contribution >= 0.6 is 15.9 Å². The predicted molar refractivity (Wildman–Crippen MR) is 72.3 cm³/mol. The first-order valence-corrected chi connectivity index (χ1v) is 6.03. The number of ether oxygens (including phenoxy) is 1. The van der Waals surface area contributed by atoms with E-state index in [2.05, 4.69) is 20.8 Å². The zero-order valence-electron chi connectivity index (χ0n) is 9.56. The molecule has 0 heterocycles. The highest BCUT2D eigenvalue weighted by Gasteiger charge is 2.07. The first kappa shape index (κ1) is 13.2. The van der Waals surface area contributed by atoms with E-state index in [0.717, 1.165) is 6.07 Å². The van der Waals surface area contributed by atoms with Crippen LogP contribution in [0.1, 0.15) is 10.4 Å². The van der Waals surface area contributed by atoms with Gasteiger partial charge in [0.1, 0.15) is 5.75 Å². The van der Waals surface area contributed by atoms with Crippen LogP contribution in [0.2, 0.25) is 0 Å². The molecule has 0 aliphatic heterocycles. The molecule has 94 valence electrons. The van der Waals surface area contributed by atoms with Crippen molar-refractivity contribution >= 4 is 27.9 Å². The maximum absolute atomic E-state index is 13.6. The largest absolute Gasteiger partial charge is 0.454 e. The van der Waals surface area contributed by atoms with Crippen LogP contribution in [-0.2, 0) is 0 Å². The summed E-state index contributed by atoms with van der Waals surface area (Å²) in [6.45, 7) is 6.78. The number of halogens is 2. The Morgan fingerprint density at radius 2 is 2.05 bits per heavy atom. The second kappa shape index (κ2) is 5.63. The summed E-state index contributed by atoms with van der Waals surface area (Å²) in [6, 6.07) is 8.68. The molecule has 2 aromatic carbocycles. The Bertz CT molecular complexity index is 680. The fraction of sp³-hybridized carbons (Fsp3) is 0. The highest BCUT2D eigenvalue weighted by molar-refractivity contribution is 9.10. The maximum atomic E-state index is 13.6. The Hall–Kier alpha value is -2.19. The Morgan fingerprint density at radius 3 is 2.63 bits per heavy atom. The molecular formula is C14H7BrFNO2. The van der Waals surface area contributed by atoms with Crippen LogP contribution in [0.15, 0.2) is 40.9 Å². The van der Waals surface area contributed by atoms with Gasteiger partial charge in [-0.15, -0.1) is 0 Å². The van der Waals surface area contributed by atoms with E-state index in [9.17, 15) is 9.18 Å². The van der Waals surface area contributed by atoms with Gasteiger partial charge in [0.05, 0.1) is 6.57 Å². The fourth-order valence-corrected chi connectivity index (χ4v) is 1.89. The van der Waals surface area contributed by atoms with Crippen molar-refractivity contribution in [2.45, 2.75) is 0 Å². The summed E-state index contributed by atoms with van der Waals surface area (Å²) in [5.74, 6) is -0.186. The highest BCUT2D eigenvalue weighted by atomic mass is 79.9. The molecule has 0 amide bonds. The topological polar surface area (TPSA) is 30.7 Å². The molecule has 0 atom stereocenters. The van der Waals surface area contributed by atoms with Gasteiger partial charge in [-0.2, -0.15) is 0 Å². The van der Waals surface area contributed by atoms with Gasteiger partial charge in [0.2, 0.25) is 0 Å². The summed E-state index contributed by atoms with van der Waals surface area (Å²) in [5, 5.41) is 0. The quantitative estimate of drug-likeness (QED) is 0.604. The third-order valence-electron chi connectivity index (χ3n) is 2.37. The SMILES string of the molecule is [C-]#[N+]c1ccc(Oc2ccc(C=O)c(Br)c2)c(F)c1. The standard InChI is InChI=1S/C14H7BrFNO2/c1-17-10-3-5-14(13(16)6-10)19-11-4-2-9(8-18)12(15)7-11/h2-8H. The number of carbonyl (C=O) groups is 1. The van der Waals surface area contributed by atoms with Crippen LogP contribution in [0.3, 0.4) is 0 Å². The van der Waals surface area contributed by atoms with Crippen LogP contribution in [0.25, 0.3) is 4.85 Å². The first-order valence-electron chi connectivity index (χ1n) is 5.23. The van der Waals surface area contributed by atoms with E-state index in [0.29, 0.717) is 22.1 Å². The molecule has 0 radical (unpaired) electrons. The van der Waals surface area contributed by atoms with Crippen LogP contribution < -0.4 is 4.74 Å². The van der Waals surface area contributed by atoms with Crippen LogP contribution in [0.5, 0.6) is 11.5 Å². The summed E-state index contributed by atoms with van der Waals surface area (Å²) in [6.07, 6.45) is 0.707. The number of aldehydes is 1. The maximum Gasteiger partial charge on any atom is 0.190 e. The van der Waals surface area contributed by atoms with E-state index in [1.165, 1.54) is 12.1 Å². The van der Waals surface area contributed by atoms with Gasteiger partial charge in [0.25, 0.3) is 0 Å². The minimum Gasteiger partial charge on any atom is -0.454 e. The van der Waals surface area contributed by atoms with Gasteiger partial charge in [-0.05, 0) is 46.3 Å². The minimum atomic E-state index is -0.607. The van der Waals surface area contributed by atoms with Crippen LogP contribution in [-0.4, -0.2) is 6.29 Å². The number of carbonyl (C=O) groups excluding carboxylic acids is 1. The van der Waals surface area contributed by atoms with E-state index in [1.807, 2.05) is 0 Å². The van der Waals surface area contributed by atoms with Gasteiger partial charge < -0.3 is 4.74 Å². The van der Waals surface area contributed by atoms with Crippen molar-refractivity contribution in [3.8, 4) is 11.5 Å². The Kier molecular flexibility index (Phi) is 3.93. The van der Waals surface area contributed by atoms with Crippen LogP contribution in [0, 0.1) is 12.4 Å². The van der Waals surface area contributed by atoms with Gasteiger partial charge in [0.15, 0.2) is 23.5 Å². The molecule has 2 aromatic rings. The van der Waals surface area contributed by atoms with Crippen LogP contribution in [0.4, 0.5) is 10.1 Å². The van der Waals surface area contributed by atoms with E-state index in [-0.39, 0.29) is 11.4 Å². The average Bonchev–Trinajstić information content (AvgIpc) is 2.41. The number of hydrogen-bond acceptors (Lipinski definition) is 2. The van der Waals surface area contributed by atoms with Crippen molar-refractivity contribution in [1.29, 1.82) is 0 Å². The lowest BCUT2D eigenvalue weighted by atomic mass is 10.2. The molecule has 0 fully saturated rings. The van der Waals surface area contributed by atoms with Gasteiger partial charge in [-0.3, -0.25) is 4.79 Å². The smallest absolute Gasteiger partial charge is 0.190 e. The molecule has 0 N–H and O–H groups in total. The van der Waals surface area contributed by atoms with Crippen molar-refractivity contribution < 1.29 is 13.9 Å². The normalized spacial score (nSPS) is 9.74. The van der Waals surface area contributed by atoms with Crippen molar-refractivity contribution in [3.05, 3.63) is 63.7 Å². The Labute approximate surface area is 117 Å². The van der Waals surface area contributed by atoms with Gasteiger partial charge in [-0.25, -0.2) is 9.24 Å². The summed E-state index contributed by atoms with van der Waals surface area (Å²) in [7, 11) is 0. The van der Waals surface area contributed by atoms with E-state index < -0.39 is 5.82 Å². The van der Waals surface area contributed by atoms with Crippen molar-refractivity contribution in [3.63, 3.8) is 0 Å². The number of rotatable bonds is 3. The Balaban J connectivity index is 2.29. The van der Waals surface area contributed by atoms with Gasteiger partial charge in [0, 0.05) is 10.0 Å². The Morgan fingerprint density at radius 1 is 1.26 bits per heavy atom. The van der Waals surface area contributed by atoms with Crippen molar-refractivity contribution in [2.75, 3.05) is 0 Å². The summed E-state index contributed by atoms with van der Waals surface area (Å²) < 4.78 is 19.6. The second-order valence-electron chi connectivity index (χ2n) is 3.63. The molecule has 5 heteroatoms.